The number of amides is 1. The number of β-amino-alcohol motifs (C(OH)–C–C–N with tert-alkyl or cyclic N) is 1. The Labute approximate surface area is 190 Å². The molecular weight excluding hydrogens is 394 g/mol. The van der Waals surface area contributed by atoms with Gasteiger partial charge in [-0.2, -0.15) is 0 Å². The van der Waals surface area contributed by atoms with Crippen LogP contribution in [-0.2, 0) is 4.79 Å². The number of carbonyl (C=O) groups is 1. The lowest BCUT2D eigenvalue weighted by molar-refractivity contribution is -0.117. The number of para-hydroxylation sites is 3. The number of rotatable bonds is 9. The van der Waals surface area contributed by atoms with Crippen molar-refractivity contribution in [2.24, 2.45) is 0 Å². The molecule has 0 aliphatic carbocycles. The van der Waals surface area contributed by atoms with Gasteiger partial charge in [0.1, 0.15) is 12.7 Å². The molecule has 7 nitrogen and oxygen atoms in total. The van der Waals surface area contributed by atoms with Crippen molar-refractivity contribution < 1.29 is 24.9 Å². The molecule has 2 aromatic rings. The summed E-state index contributed by atoms with van der Waals surface area (Å²) < 4.78 is 40.5. The molecule has 0 bridgehead atoms. The maximum absolute atomic E-state index is 12.5. The average Bonchev–Trinajstić information content (AvgIpc) is 2.76. The molecule has 1 saturated heterocycles. The SMILES string of the molecule is [2H]C(O)(COc1ccccc1OC([2H])([2H])[2H])CN1CCN(CC(=O)Nc2c(C)cccc2C)CC1. The zero-order chi connectivity index (χ0) is 25.6. The van der Waals surface area contributed by atoms with Gasteiger partial charge in [0.05, 0.1) is 19.1 Å². The fourth-order valence-corrected chi connectivity index (χ4v) is 3.62. The quantitative estimate of drug-likeness (QED) is 0.635. The van der Waals surface area contributed by atoms with Crippen LogP contribution in [-0.4, -0.2) is 79.8 Å². The molecule has 3 rings (SSSR count). The third kappa shape index (κ3) is 6.69. The fourth-order valence-electron chi connectivity index (χ4n) is 3.62. The van der Waals surface area contributed by atoms with E-state index in [1.165, 1.54) is 12.1 Å². The number of methoxy groups -OCH3 is 1. The van der Waals surface area contributed by atoms with E-state index < -0.39 is 13.1 Å². The van der Waals surface area contributed by atoms with Gasteiger partial charge in [0.15, 0.2) is 11.5 Å². The van der Waals surface area contributed by atoms with Gasteiger partial charge < -0.3 is 19.9 Å². The van der Waals surface area contributed by atoms with Crippen molar-refractivity contribution in [2.75, 3.05) is 58.2 Å². The Morgan fingerprint density at radius 1 is 1.10 bits per heavy atom. The Morgan fingerprint density at radius 2 is 1.74 bits per heavy atom. The summed E-state index contributed by atoms with van der Waals surface area (Å²) in [6, 6.07) is 12.1. The van der Waals surface area contributed by atoms with Gasteiger partial charge in [-0.15, -0.1) is 0 Å². The smallest absolute Gasteiger partial charge is 0.238 e. The number of piperazine rings is 1. The molecule has 0 aromatic heterocycles. The molecule has 1 amide bonds. The van der Waals surface area contributed by atoms with Gasteiger partial charge in [-0.3, -0.25) is 14.6 Å². The number of hydrogen-bond acceptors (Lipinski definition) is 6. The molecule has 168 valence electrons. The third-order valence-corrected chi connectivity index (χ3v) is 5.34. The molecule has 2 N–H and O–H groups in total. The van der Waals surface area contributed by atoms with Crippen molar-refractivity contribution in [3.8, 4) is 11.5 Å². The monoisotopic (exact) mass is 431 g/mol. The highest BCUT2D eigenvalue weighted by Gasteiger charge is 2.21. The van der Waals surface area contributed by atoms with Crippen LogP contribution >= 0.6 is 0 Å². The summed E-state index contributed by atoms with van der Waals surface area (Å²) in [6.45, 7) is 6.35. The van der Waals surface area contributed by atoms with E-state index >= 15 is 0 Å². The van der Waals surface area contributed by atoms with Gasteiger partial charge in [-0.1, -0.05) is 30.3 Å². The second-order valence-electron chi connectivity index (χ2n) is 7.77. The van der Waals surface area contributed by atoms with Gasteiger partial charge in [0.2, 0.25) is 5.91 Å². The average molecular weight is 432 g/mol. The van der Waals surface area contributed by atoms with Gasteiger partial charge in [-0.25, -0.2) is 0 Å². The van der Waals surface area contributed by atoms with Crippen LogP contribution in [0.3, 0.4) is 0 Å². The first kappa shape index (κ1) is 18.0. The number of carbonyl (C=O) groups excluding carboxylic acids is 1. The number of ether oxygens (including phenoxy) is 2. The van der Waals surface area contributed by atoms with Crippen molar-refractivity contribution in [1.29, 1.82) is 0 Å². The highest BCUT2D eigenvalue weighted by atomic mass is 16.5. The van der Waals surface area contributed by atoms with Crippen LogP contribution in [0.2, 0.25) is 0 Å². The second-order valence-corrected chi connectivity index (χ2v) is 7.77. The second kappa shape index (κ2) is 11.1. The Balaban J connectivity index is 1.45. The molecule has 7 heteroatoms. The summed E-state index contributed by atoms with van der Waals surface area (Å²) in [4.78, 5) is 16.5. The molecule has 1 fully saturated rings. The number of aryl methyl sites for hydroxylation is 2. The topological polar surface area (TPSA) is 74.3 Å². The first-order chi connectivity index (χ1) is 16.4. The van der Waals surface area contributed by atoms with Crippen LogP contribution in [0.5, 0.6) is 11.5 Å². The minimum absolute atomic E-state index is 0.0241. The van der Waals surface area contributed by atoms with Crippen LogP contribution < -0.4 is 14.8 Å². The molecule has 0 saturated carbocycles. The highest BCUT2D eigenvalue weighted by molar-refractivity contribution is 5.93. The summed E-state index contributed by atoms with van der Waals surface area (Å²) in [6.07, 6.45) is -1.91. The minimum Gasteiger partial charge on any atom is -0.493 e. The minimum atomic E-state index is -2.63. The van der Waals surface area contributed by atoms with E-state index in [2.05, 4.69) is 5.32 Å². The van der Waals surface area contributed by atoms with Crippen LogP contribution in [0, 0.1) is 13.8 Å². The normalized spacial score (nSPS) is 19.3. The molecule has 1 atom stereocenters. The first-order valence-corrected chi connectivity index (χ1v) is 10.4. The van der Waals surface area contributed by atoms with Crippen LogP contribution in [0.1, 0.15) is 16.6 Å². The number of hydrogen-bond donors (Lipinski definition) is 2. The van der Waals surface area contributed by atoms with Crippen molar-refractivity contribution in [1.82, 2.24) is 9.80 Å². The van der Waals surface area contributed by atoms with Gasteiger partial charge >= 0.3 is 0 Å². The Hall–Kier alpha value is -2.61. The van der Waals surface area contributed by atoms with Crippen molar-refractivity contribution in [3.05, 3.63) is 53.6 Å². The van der Waals surface area contributed by atoms with E-state index in [4.69, 9.17) is 15.0 Å². The molecule has 31 heavy (non-hydrogen) atoms. The molecule has 0 spiro atoms. The van der Waals surface area contributed by atoms with Gasteiger partial charge in [0, 0.05) is 38.4 Å². The predicted molar refractivity (Wildman–Crippen MR) is 122 cm³/mol. The summed E-state index contributed by atoms with van der Waals surface area (Å²) in [5, 5.41) is 13.5. The molecule has 1 aliphatic heterocycles. The highest BCUT2D eigenvalue weighted by Crippen LogP contribution is 2.25. The lowest BCUT2D eigenvalue weighted by Gasteiger charge is -2.35. The zero-order valence-electron chi connectivity index (χ0n) is 22.1. The largest absolute Gasteiger partial charge is 0.493 e. The number of nitrogens with one attached hydrogen (secondary N) is 1. The van der Waals surface area contributed by atoms with Gasteiger partial charge in [0.25, 0.3) is 0 Å². The first-order valence-electron chi connectivity index (χ1n) is 12.4. The molecule has 2 aromatic carbocycles. The summed E-state index contributed by atoms with van der Waals surface area (Å²) >= 11 is 0. The van der Waals surface area contributed by atoms with Crippen molar-refractivity contribution in [2.45, 2.75) is 19.9 Å². The lowest BCUT2D eigenvalue weighted by atomic mass is 10.1. The van der Waals surface area contributed by atoms with E-state index in [1.807, 2.05) is 41.8 Å². The Bertz CT molecular complexity index is 988. The van der Waals surface area contributed by atoms with Crippen LogP contribution in [0.25, 0.3) is 0 Å². The summed E-state index contributed by atoms with van der Waals surface area (Å²) in [5.74, 6) is 0.101. The number of anilines is 1. The maximum Gasteiger partial charge on any atom is 0.238 e. The van der Waals surface area contributed by atoms with E-state index in [9.17, 15) is 9.90 Å². The van der Waals surface area contributed by atoms with E-state index in [0.29, 0.717) is 26.2 Å². The summed E-state index contributed by atoms with van der Waals surface area (Å²) in [7, 11) is -2.63. The molecule has 0 radical (unpaired) electrons. The lowest BCUT2D eigenvalue weighted by Crippen LogP contribution is -2.50. The molecule has 1 unspecified atom stereocenters. The molecule has 1 heterocycles. The number of aliphatic hydroxyl groups is 1. The molecular formula is C24H33N3O4. The summed E-state index contributed by atoms with van der Waals surface area (Å²) in [5.41, 5.74) is 2.89. The van der Waals surface area contributed by atoms with Crippen LogP contribution in [0.4, 0.5) is 5.69 Å². The van der Waals surface area contributed by atoms with Crippen LogP contribution in [0.15, 0.2) is 42.5 Å². The van der Waals surface area contributed by atoms with E-state index in [1.54, 1.807) is 12.1 Å². The Kier molecular flexibility index (Phi) is 6.47. The van der Waals surface area contributed by atoms with Crippen molar-refractivity contribution >= 4 is 11.6 Å². The zero-order valence-corrected chi connectivity index (χ0v) is 18.1. The fraction of sp³-hybridized carbons (Fsp3) is 0.458. The third-order valence-electron chi connectivity index (χ3n) is 5.34. The van der Waals surface area contributed by atoms with E-state index in [0.717, 1.165) is 16.8 Å². The maximum atomic E-state index is 12.5. The standard InChI is InChI=1S/C24H33N3O4/c1-18-7-6-8-19(2)24(18)25-23(29)16-27-13-11-26(12-14-27)15-20(28)17-31-22-10-5-4-9-21(22)30-3/h4-10,20,28H,11-17H2,1-3H3,(H,25,29)/i3D3,20D. The molecule has 1 aliphatic rings. The van der Waals surface area contributed by atoms with Gasteiger partial charge in [-0.05, 0) is 37.1 Å². The van der Waals surface area contributed by atoms with E-state index in [-0.39, 0.29) is 37.1 Å². The Morgan fingerprint density at radius 3 is 2.42 bits per heavy atom. The predicted octanol–water partition coefficient (Wildman–Crippen LogP) is 2.31. The van der Waals surface area contributed by atoms with Crippen molar-refractivity contribution in [3.63, 3.8) is 0 Å². The number of benzene rings is 2. The number of nitrogens with zero attached hydrogens (tertiary/aromatic N) is 2.